The van der Waals surface area contributed by atoms with Gasteiger partial charge in [0.05, 0.1) is 0 Å². The van der Waals surface area contributed by atoms with Gasteiger partial charge < -0.3 is 10.3 Å². The van der Waals surface area contributed by atoms with Crippen LogP contribution in [0.2, 0.25) is 0 Å². The van der Waals surface area contributed by atoms with E-state index in [1.807, 2.05) is 27.7 Å². The molecule has 17 heavy (non-hydrogen) atoms. The summed E-state index contributed by atoms with van der Waals surface area (Å²) in [7, 11) is -2.24. The highest BCUT2D eigenvalue weighted by Crippen LogP contribution is 2.48. The van der Waals surface area contributed by atoms with E-state index in [2.05, 4.69) is 15.9 Å². The minimum atomic E-state index is -3.10. The van der Waals surface area contributed by atoms with Gasteiger partial charge in [-0.05, 0) is 44.1 Å². The number of hydrogen-bond donors (Lipinski definition) is 0. The van der Waals surface area contributed by atoms with Crippen LogP contribution in [0.25, 0.3) is 0 Å². The van der Waals surface area contributed by atoms with Gasteiger partial charge in [-0.25, -0.2) is 8.42 Å². The van der Waals surface area contributed by atoms with E-state index >= 15 is 0 Å². The quantitative estimate of drug-likeness (QED) is 0.738. The van der Waals surface area contributed by atoms with Crippen molar-refractivity contribution in [2.45, 2.75) is 38.8 Å². The average molecular weight is 343 g/mol. The van der Waals surface area contributed by atoms with E-state index in [0.717, 1.165) is 25.9 Å². The van der Waals surface area contributed by atoms with Crippen LogP contribution in [0.3, 0.4) is 0 Å². The Kier molecular flexibility index (Phi) is 4.12. The molecule has 1 heterocycles. The van der Waals surface area contributed by atoms with Gasteiger partial charge in [0.25, 0.3) is 0 Å². The minimum Gasteiger partial charge on any atom is -0.784 e. The molecule has 0 saturated heterocycles. The summed E-state index contributed by atoms with van der Waals surface area (Å²) in [6, 6.07) is 0. The predicted molar refractivity (Wildman–Crippen MR) is 76.6 cm³/mol. The van der Waals surface area contributed by atoms with E-state index in [1.165, 1.54) is 6.26 Å². The monoisotopic (exact) mass is 342 g/mol. The second-order valence-corrected chi connectivity index (χ2v) is 10.4. The Morgan fingerprint density at radius 3 is 2.06 bits per heavy atom. The zero-order valence-electron chi connectivity index (χ0n) is 10.6. The van der Waals surface area contributed by atoms with Crippen molar-refractivity contribution in [2.24, 2.45) is 0 Å². The molecule has 0 saturated carbocycles. The SMILES string of the molecule is CC1(C)C(Br)=C(CSS(C)(=O)=O)C(C)(C)N1[O-]. The van der Waals surface area contributed by atoms with Crippen molar-refractivity contribution in [3.8, 4) is 0 Å². The molecule has 0 atom stereocenters. The third-order valence-electron chi connectivity index (χ3n) is 2.97. The van der Waals surface area contributed by atoms with Crippen molar-refractivity contribution in [1.82, 2.24) is 5.06 Å². The second-order valence-electron chi connectivity index (χ2n) is 5.17. The van der Waals surface area contributed by atoms with Crippen molar-refractivity contribution in [2.75, 3.05) is 12.0 Å². The summed E-state index contributed by atoms with van der Waals surface area (Å²) in [5, 5.41) is 13.2. The molecular weight excluding hydrogens is 326 g/mol. The highest BCUT2D eigenvalue weighted by atomic mass is 79.9. The lowest BCUT2D eigenvalue weighted by atomic mass is 9.98. The largest absolute Gasteiger partial charge is 0.784 e. The van der Waals surface area contributed by atoms with Crippen LogP contribution in [0.15, 0.2) is 10.1 Å². The fraction of sp³-hybridized carbons (Fsp3) is 0.800. The maximum Gasteiger partial charge on any atom is 0.199 e. The molecule has 0 spiro atoms. The summed E-state index contributed by atoms with van der Waals surface area (Å²) in [5.74, 6) is 0.314. The van der Waals surface area contributed by atoms with Gasteiger partial charge in [0.15, 0.2) is 8.87 Å². The van der Waals surface area contributed by atoms with Crippen molar-refractivity contribution in [3.05, 3.63) is 15.3 Å². The van der Waals surface area contributed by atoms with Gasteiger partial charge in [0, 0.05) is 27.6 Å². The first-order chi connectivity index (χ1) is 7.40. The molecule has 0 bridgehead atoms. The standard InChI is InChI=1S/C10H17BrNO3S2/c1-9(2)7(6-16-17(5,14)15)8(11)10(3,4)12(9)13/h6H2,1-5H3/q-1. The van der Waals surface area contributed by atoms with Gasteiger partial charge in [-0.15, -0.1) is 0 Å². The van der Waals surface area contributed by atoms with E-state index in [4.69, 9.17) is 0 Å². The van der Waals surface area contributed by atoms with Crippen LogP contribution >= 0.6 is 26.7 Å². The molecule has 0 N–H and O–H groups in total. The Balaban J connectivity index is 3.08. The normalized spacial score (nSPS) is 24.4. The number of halogens is 1. The lowest BCUT2D eigenvalue weighted by Gasteiger charge is -2.48. The fourth-order valence-electron chi connectivity index (χ4n) is 1.95. The molecule has 7 heteroatoms. The molecule has 0 radical (unpaired) electrons. The van der Waals surface area contributed by atoms with E-state index in [-0.39, 0.29) is 0 Å². The number of hydrogen-bond acceptors (Lipinski definition) is 5. The summed E-state index contributed by atoms with van der Waals surface area (Å²) in [6.07, 6.45) is 1.17. The van der Waals surface area contributed by atoms with Crippen LogP contribution in [0, 0.1) is 5.21 Å². The van der Waals surface area contributed by atoms with Gasteiger partial charge in [0.1, 0.15) is 0 Å². The topological polar surface area (TPSA) is 60.4 Å². The Morgan fingerprint density at radius 1 is 1.29 bits per heavy atom. The molecule has 0 unspecified atom stereocenters. The Labute approximate surface area is 115 Å². The molecule has 0 amide bonds. The molecule has 4 nitrogen and oxygen atoms in total. The van der Waals surface area contributed by atoms with Crippen molar-refractivity contribution in [3.63, 3.8) is 0 Å². The first kappa shape index (κ1) is 15.5. The number of rotatable bonds is 3. The van der Waals surface area contributed by atoms with E-state index in [1.54, 1.807) is 0 Å². The molecule has 1 aliphatic rings. The summed E-state index contributed by atoms with van der Waals surface area (Å²) in [6.45, 7) is 7.27. The summed E-state index contributed by atoms with van der Waals surface area (Å²) in [4.78, 5) is 0. The summed E-state index contributed by atoms with van der Waals surface area (Å²) in [5.41, 5.74) is -0.482. The lowest BCUT2D eigenvalue weighted by Crippen LogP contribution is -2.46. The zero-order chi connectivity index (χ0) is 13.6. The minimum absolute atomic E-state index is 0.314. The van der Waals surface area contributed by atoms with Gasteiger partial charge in [-0.3, -0.25) is 0 Å². The van der Waals surface area contributed by atoms with E-state index in [9.17, 15) is 13.6 Å². The molecule has 1 aliphatic heterocycles. The Morgan fingerprint density at radius 2 is 1.76 bits per heavy atom. The van der Waals surface area contributed by atoms with Gasteiger partial charge >= 0.3 is 0 Å². The first-order valence-electron chi connectivity index (χ1n) is 5.12. The third-order valence-corrected chi connectivity index (χ3v) is 6.90. The maximum atomic E-state index is 12.2. The number of hydroxylamine groups is 2. The molecule has 0 aromatic heterocycles. The fourth-order valence-corrected chi connectivity index (χ4v) is 4.75. The predicted octanol–water partition coefficient (Wildman–Crippen LogP) is 2.70. The second kappa shape index (κ2) is 4.52. The molecule has 1 rings (SSSR count). The molecule has 100 valence electrons. The van der Waals surface area contributed by atoms with Crippen LogP contribution in [0.4, 0.5) is 0 Å². The van der Waals surface area contributed by atoms with E-state index in [0.29, 0.717) is 5.75 Å². The first-order valence-corrected chi connectivity index (χ1v) is 9.31. The summed E-state index contributed by atoms with van der Waals surface area (Å²) < 4.78 is 23.2. The molecule has 0 aliphatic carbocycles. The van der Waals surface area contributed by atoms with Crippen molar-refractivity contribution in [1.29, 1.82) is 0 Å². The van der Waals surface area contributed by atoms with Crippen LogP contribution in [0.1, 0.15) is 27.7 Å². The Bertz CT molecular complexity index is 454. The summed E-state index contributed by atoms with van der Waals surface area (Å²) >= 11 is 3.44. The molecule has 0 fully saturated rings. The smallest absolute Gasteiger partial charge is 0.199 e. The highest BCUT2D eigenvalue weighted by molar-refractivity contribution is 9.11. The Hall–Kier alpha value is 0.440. The van der Waals surface area contributed by atoms with Gasteiger partial charge in [-0.1, -0.05) is 15.9 Å². The molecule has 0 aromatic carbocycles. The maximum absolute atomic E-state index is 12.2. The van der Waals surface area contributed by atoms with Crippen LogP contribution < -0.4 is 0 Å². The van der Waals surface area contributed by atoms with Gasteiger partial charge in [0.2, 0.25) is 0 Å². The van der Waals surface area contributed by atoms with Crippen LogP contribution in [-0.2, 0) is 8.87 Å². The van der Waals surface area contributed by atoms with Crippen molar-refractivity contribution < 1.29 is 8.42 Å². The molecular formula is C10H17BrNO3S2-. The zero-order valence-corrected chi connectivity index (χ0v) is 13.8. The number of nitrogens with zero attached hydrogens (tertiary/aromatic N) is 1. The highest BCUT2D eigenvalue weighted by Gasteiger charge is 2.44. The van der Waals surface area contributed by atoms with Gasteiger partial charge in [-0.2, -0.15) is 0 Å². The lowest BCUT2D eigenvalue weighted by molar-refractivity contribution is 0.158. The van der Waals surface area contributed by atoms with Crippen LogP contribution in [0.5, 0.6) is 0 Å². The van der Waals surface area contributed by atoms with Crippen molar-refractivity contribution >= 4 is 35.6 Å². The van der Waals surface area contributed by atoms with E-state index < -0.39 is 19.9 Å². The average Bonchev–Trinajstić information content (AvgIpc) is 2.23. The third kappa shape index (κ3) is 2.89. The van der Waals surface area contributed by atoms with Crippen LogP contribution in [-0.4, -0.2) is 36.6 Å². The molecule has 0 aromatic rings.